The van der Waals surface area contributed by atoms with Gasteiger partial charge in [0.2, 0.25) is 0 Å². The van der Waals surface area contributed by atoms with Gasteiger partial charge in [-0.1, -0.05) is 6.92 Å². The molecule has 0 aliphatic heterocycles. The van der Waals surface area contributed by atoms with E-state index in [2.05, 4.69) is 21.0 Å². The van der Waals surface area contributed by atoms with Gasteiger partial charge >= 0.3 is 6.61 Å². The van der Waals surface area contributed by atoms with Crippen LogP contribution in [0.4, 0.5) is 8.78 Å². The summed E-state index contributed by atoms with van der Waals surface area (Å²) in [6.45, 7) is 0.913. The molecule has 2 N–H and O–H groups in total. The number of ether oxygens (including phenoxy) is 1. The number of aryl methyl sites for hydroxylation is 1. The van der Waals surface area contributed by atoms with Crippen LogP contribution in [0.2, 0.25) is 0 Å². The van der Waals surface area contributed by atoms with Crippen molar-refractivity contribution in [3.63, 3.8) is 0 Å². The number of alkyl halides is 2. The second kappa shape index (κ2) is 6.97. The second-order valence-electron chi connectivity index (χ2n) is 6.68. The molecule has 0 bridgehead atoms. The molecule has 7 heteroatoms. The molecule has 4 aromatic rings. The number of imidazole rings is 1. The quantitative estimate of drug-likeness (QED) is 0.489. The predicted octanol–water partition coefficient (Wildman–Crippen LogP) is 5.37. The van der Waals surface area contributed by atoms with E-state index in [0.29, 0.717) is 23.4 Å². The Balaban J connectivity index is 1.92. The lowest BCUT2D eigenvalue weighted by Gasteiger charge is -2.20. The zero-order valence-electron chi connectivity index (χ0n) is 15.4. The Labute approximate surface area is 160 Å². The van der Waals surface area contributed by atoms with Crippen LogP contribution >= 0.6 is 0 Å². The highest BCUT2D eigenvalue weighted by Gasteiger charge is 2.25. The van der Waals surface area contributed by atoms with Crippen LogP contribution in [0.5, 0.6) is 5.75 Å². The minimum absolute atomic E-state index is 0.157. The number of nitrogens with zero attached hydrogens (tertiary/aromatic N) is 2. The molecule has 1 unspecified atom stereocenters. The Kier molecular flexibility index (Phi) is 4.47. The van der Waals surface area contributed by atoms with Crippen molar-refractivity contribution in [2.24, 2.45) is 0 Å². The lowest BCUT2D eigenvalue weighted by Crippen LogP contribution is -2.10. The Bertz CT molecular complexity index is 1200. The minimum Gasteiger partial charge on any atom is -0.434 e. The van der Waals surface area contributed by atoms with Gasteiger partial charge < -0.3 is 14.7 Å². The molecule has 0 fully saturated rings. The first-order valence-corrected chi connectivity index (χ1v) is 8.97. The number of halogens is 2. The minimum atomic E-state index is -2.92. The van der Waals surface area contributed by atoms with Crippen molar-refractivity contribution in [3.05, 3.63) is 59.0 Å². The topological polar surface area (TPSA) is 77.5 Å². The highest BCUT2D eigenvalue weighted by molar-refractivity contribution is 5.89. The summed E-state index contributed by atoms with van der Waals surface area (Å²) in [5, 5.41) is 9.94. The van der Waals surface area contributed by atoms with Crippen LogP contribution in [0.1, 0.15) is 41.8 Å². The monoisotopic (exact) mass is 380 g/mol. The fourth-order valence-corrected chi connectivity index (χ4v) is 3.75. The SMILES string of the molecule is CCC(c1nc2ccc(C#N)cc2[nH]1)c1c(OC(F)F)cc(C)c2[nH]ccc12. The van der Waals surface area contributed by atoms with Crippen molar-refractivity contribution in [3.8, 4) is 11.8 Å². The van der Waals surface area contributed by atoms with E-state index in [-0.39, 0.29) is 11.7 Å². The first-order chi connectivity index (χ1) is 13.5. The first-order valence-electron chi connectivity index (χ1n) is 8.97. The van der Waals surface area contributed by atoms with Crippen LogP contribution in [-0.2, 0) is 0 Å². The molecule has 0 saturated heterocycles. The average molecular weight is 380 g/mol. The van der Waals surface area contributed by atoms with Crippen LogP contribution in [0.25, 0.3) is 21.9 Å². The van der Waals surface area contributed by atoms with Gasteiger partial charge in [0.25, 0.3) is 0 Å². The van der Waals surface area contributed by atoms with Gasteiger partial charge in [-0.2, -0.15) is 14.0 Å². The fraction of sp³-hybridized carbons (Fsp3) is 0.238. The highest BCUT2D eigenvalue weighted by Crippen LogP contribution is 2.41. The summed E-state index contributed by atoms with van der Waals surface area (Å²) in [6, 6.07) is 10.8. The third-order valence-electron chi connectivity index (χ3n) is 4.98. The Morgan fingerprint density at radius 3 is 2.79 bits per heavy atom. The number of nitriles is 1. The van der Waals surface area contributed by atoms with Gasteiger partial charge in [0, 0.05) is 28.6 Å². The number of hydrogen-bond donors (Lipinski definition) is 2. The maximum Gasteiger partial charge on any atom is 0.387 e. The van der Waals surface area contributed by atoms with E-state index >= 15 is 0 Å². The molecule has 2 heterocycles. The van der Waals surface area contributed by atoms with Crippen molar-refractivity contribution in [1.82, 2.24) is 15.0 Å². The lowest BCUT2D eigenvalue weighted by molar-refractivity contribution is -0.0504. The Morgan fingerprint density at radius 1 is 1.25 bits per heavy atom. The largest absolute Gasteiger partial charge is 0.434 e. The average Bonchev–Trinajstić information content (AvgIpc) is 3.30. The summed E-state index contributed by atoms with van der Waals surface area (Å²) < 4.78 is 31.1. The number of nitrogens with one attached hydrogen (secondary N) is 2. The van der Waals surface area contributed by atoms with E-state index in [1.165, 1.54) is 0 Å². The van der Waals surface area contributed by atoms with Crippen molar-refractivity contribution in [2.45, 2.75) is 32.8 Å². The van der Waals surface area contributed by atoms with E-state index < -0.39 is 6.61 Å². The van der Waals surface area contributed by atoms with Crippen LogP contribution in [0.3, 0.4) is 0 Å². The van der Waals surface area contributed by atoms with E-state index in [1.807, 2.05) is 19.9 Å². The fourth-order valence-electron chi connectivity index (χ4n) is 3.75. The van der Waals surface area contributed by atoms with Gasteiger partial charge in [-0.15, -0.1) is 0 Å². The molecule has 0 radical (unpaired) electrons. The molecule has 4 rings (SSSR count). The summed E-state index contributed by atoms with van der Waals surface area (Å²) in [5.74, 6) is 0.535. The second-order valence-corrected chi connectivity index (χ2v) is 6.68. The highest BCUT2D eigenvalue weighted by atomic mass is 19.3. The number of rotatable bonds is 5. The molecule has 1 atom stereocenters. The molecule has 2 aromatic carbocycles. The van der Waals surface area contributed by atoms with E-state index in [1.54, 1.807) is 30.5 Å². The summed E-state index contributed by atoms with van der Waals surface area (Å²) >= 11 is 0. The number of aromatic nitrogens is 3. The lowest BCUT2D eigenvalue weighted by atomic mass is 9.90. The maximum atomic E-state index is 13.1. The van der Waals surface area contributed by atoms with Crippen LogP contribution in [0.15, 0.2) is 36.5 Å². The Morgan fingerprint density at radius 2 is 2.07 bits per heavy atom. The van der Waals surface area contributed by atoms with Gasteiger partial charge in [0.05, 0.1) is 22.7 Å². The molecular weight excluding hydrogens is 362 g/mol. The normalized spacial score (nSPS) is 12.6. The molecule has 2 aromatic heterocycles. The summed E-state index contributed by atoms with van der Waals surface area (Å²) in [4.78, 5) is 11.1. The summed E-state index contributed by atoms with van der Waals surface area (Å²) in [5.41, 5.74) is 4.38. The van der Waals surface area contributed by atoms with Crippen molar-refractivity contribution in [2.75, 3.05) is 0 Å². The third kappa shape index (κ3) is 2.97. The molecule has 0 spiro atoms. The molecule has 142 valence electrons. The van der Waals surface area contributed by atoms with Crippen LogP contribution in [-0.4, -0.2) is 21.6 Å². The molecule has 28 heavy (non-hydrogen) atoms. The van der Waals surface area contributed by atoms with Gasteiger partial charge in [-0.25, -0.2) is 4.98 Å². The molecular formula is C21H18F2N4O. The van der Waals surface area contributed by atoms with Crippen LogP contribution in [0, 0.1) is 18.3 Å². The van der Waals surface area contributed by atoms with E-state index in [4.69, 9.17) is 10.00 Å². The number of aromatic amines is 2. The van der Waals surface area contributed by atoms with E-state index in [0.717, 1.165) is 27.5 Å². The number of benzene rings is 2. The van der Waals surface area contributed by atoms with Gasteiger partial charge in [-0.05, 0) is 49.2 Å². The van der Waals surface area contributed by atoms with Gasteiger partial charge in [0.15, 0.2) is 0 Å². The summed E-state index contributed by atoms with van der Waals surface area (Å²) in [7, 11) is 0. The number of hydrogen-bond acceptors (Lipinski definition) is 3. The molecule has 0 aliphatic carbocycles. The smallest absolute Gasteiger partial charge is 0.387 e. The van der Waals surface area contributed by atoms with Crippen molar-refractivity contribution < 1.29 is 13.5 Å². The van der Waals surface area contributed by atoms with Gasteiger partial charge in [-0.3, -0.25) is 0 Å². The molecule has 0 aliphatic rings. The predicted molar refractivity (Wildman–Crippen MR) is 103 cm³/mol. The summed E-state index contributed by atoms with van der Waals surface area (Å²) in [6.07, 6.45) is 2.42. The van der Waals surface area contributed by atoms with E-state index in [9.17, 15) is 8.78 Å². The van der Waals surface area contributed by atoms with Crippen molar-refractivity contribution in [1.29, 1.82) is 5.26 Å². The standard InChI is InChI=1S/C21H18F2N4O/c1-3-13(20-26-15-5-4-12(10-24)9-16(15)27-20)18-14-6-7-25-19(14)11(2)8-17(18)28-21(22)23/h4-9,13,21,25H,3H2,1-2H3,(H,26,27). The molecule has 5 nitrogen and oxygen atoms in total. The number of fused-ring (bicyclic) bond motifs is 2. The third-order valence-corrected chi connectivity index (χ3v) is 4.98. The molecule has 0 amide bonds. The first kappa shape index (κ1) is 18.0. The Hall–Kier alpha value is -3.40. The van der Waals surface area contributed by atoms with Gasteiger partial charge in [0.1, 0.15) is 11.6 Å². The molecule has 0 saturated carbocycles. The number of H-pyrrole nitrogens is 2. The zero-order chi connectivity index (χ0) is 19.8. The maximum absolute atomic E-state index is 13.1. The van der Waals surface area contributed by atoms with Crippen molar-refractivity contribution >= 4 is 21.9 Å². The zero-order valence-corrected chi connectivity index (χ0v) is 15.4. The van der Waals surface area contributed by atoms with Crippen LogP contribution < -0.4 is 4.74 Å².